The molecule has 1 N–H and O–H groups in total. The van der Waals surface area contributed by atoms with Gasteiger partial charge in [-0.2, -0.15) is 11.8 Å². The van der Waals surface area contributed by atoms with Gasteiger partial charge in [-0.3, -0.25) is 4.79 Å². The first kappa shape index (κ1) is 16.1. The van der Waals surface area contributed by atoms with Gasteiger partial charge in [0, 0.05) is 25.3 Å². The Kier molecular flexibility index (Phi) is 8.11. The van der Waals surface area contributed by atoms with E-state index in [4.69, 9.17) is 0 Å². The van der Waals surface area contributed by atoms with Crippen molar-refractivity contribution in [3.8, 4) is 0 Å². The first-order valence-corrected chi connectivity index (χ1v) is 8.08. The maximum absolute atomic E-state index is 12.1. The molecule has 1 amide bonds. The number of hydrogen-bond acceptors (Lipinski definition) is 3. The van der Waals surface area contributed by atoms with E-state index in [0.29, 0.717) is 5.91 Å². The van der Waals surface area contributed by atoms with Gasteiger partial charge in [0.2, 0.25) is 5.91 Å². The number of piperidine rings is 1. The van der Waals surface area contributed by atoms with Crippen molar-refractivity contribution < 1.29 is 4.79 Å². The van der Waals surface area contributed by atoms with E-state index in [1.54, 1.807) is 0 Å². The zero-order chi connectivity index (χ0) is 11.9. The lowest BCUT2D eigenvalue weighted by molar-refractivity contribution is -0.131. The van der Waals surface area contributed by atoms with Crippen LogP contribution in [0.25, 0.3) is 0 Å². The Bertz CT molecular complexity index is 239. The first-order chi connectivity index (χ1) is 8.36. The maximum atomic E-state index is 12.1. The number of halogens is 1. The highest BCUT2D eigenvalue weighted by Crippen LogP contribution is 2.19. The summed E-state index contributed by atoms with van der Waals surface area (Å²) in [5, 5.41) is 3.38. The van der Waals surface area contributed by atoms with Crippen molar-refractivity contribution in [2.45, 2.75) is 32.1 Å². The molecular formula is C13H25ClN2OS. The van der Waals surface area contributed by atoms with Crippen LogP contribution in [-0.4, -0.2) is 48.5 Å². The second kappa shape index (κ2) is 9.05. The minimum absolute atomic E-state index is 0. The molecular weight excluding hydrogens is 268 g/mol. The summed E-state index contributed by atoms with van der Waals surface area (Å²) in [5.74, 6) is 3.52. The molecule has 2 aliphatic rings. The lowest BCUT2D eigenvalue weighted by atomic mass is 9.93. The smallest absolute Gasteiger partial charge is 0.222 e. The van der Waals surface area contributed by atoms with E-state index in [1.165, 1.54) is 25.0 Å². The molecule has 3 nitrogen and oxygen atoms in total. The van der Waals surface area contributed by atoms with Crippen LogP contribution < -0.4 is 5.32 Å². The largest absolute Gasteiger partial charge is 0.342 e. The van der Waals surface area contributed by atoms with Crippen molar-refractivity contribution in [1.29, 1.82) is 0 Å². The Balaban J connectivity index is 0.00000162. The Morgan fingerprint density at radius 2 is 2.00 bits per heavy atom. The zero-order valence-corrected chi connectivity index (χ0v) is 12.7. The van der Waals surface area contributed by atoms with Gasteiger partial charge < -0.3 is 10.2 Å². The van der Waals surface area contributed by atoms with Crippen molar-refractivity contribution in [2.24, 2.45) is 5.92 Å². The number of carbonyl (C=O) groups excluding carboxylic acids is 1. The summed E-state index contributed by atoms with van der Waals surface area (Å²) in [6.07, 6.45) is 5.55. The normalized spacial score (nSPS) is 22.1. The van der Waals surface area contributed by atoms with E-state index >= 15 is 0 Å². The molecule has 2 fully saturated rings. The molecule has 0 unspecified atom stereocenters. The average Bonchev–Trinajstić information content (AvgIpc) is 2.66. The summed E-state index contributed by atoms with van der Waals surface area (Å²) in [7, 11) is 0. The van der Waals surface area contributed by atoms with Gasteiger partial charge in [-0.25, -0.2) is 0 Å². The van der Waals surface area contributed by atoms with Crippen LogP contribution in [0.2, 0.25) is 0 Å². The van der Waals surface area contributed by atoms with Crippen molar-refractivity contribution in [1.82, 2.24) is 10.2 Å². The Hall–Kier alpha value is 0.0700. The number of nitrogens with one attached hydrogen (secondary N) is 1. The summed E-state index contributed by atoms with van der Waals surface area (Å²) in [4.78, 5) is 14.2. The van der Waals surface area contributed by atoms with Gasteiger partial charge in [0.1, 0.15) is 0 Å². The van der Waals surface area contributed by atoms with Crippen LogP contribution in [0.3, 0.4) is 0 Å². The Labute approximate surface area is 121 Å². The lowest BCUT2D eigenvalue weighted by Crippen LogP contribution is -2.34. The SMILES string of the molecule is Cl.O=C(CCC1CCNCC1)N1CCCSCC1. The average molecular weight is 293 g/mol. The first-order valence-electron chi connectivity index (χ1n) is 6.92. The highest BCUT2D eigenvalue weighted by atomic mass is 35.5. The molecule has 2 aliphatic heterocycles. The van der Waals surface area contributed by atoms with E-state index in [2.05, 4.69) is 10.2 Å². The lowest BCUT2D eigenvalue weighted by Gasteiger charge is -2.24. The third-order valence-electron chi connectivity index (χ3n) is 3.80. The minimum Gasteiger partial charge on any atom is -0.342 e. The molecule has 0 radical (unpaired) electrons. The van der Waals surface area contributed by atoms with E-state index in [9.17, 15) is 4.79 Å². The molecule has 2 rings (SSSR count). The van der Waals surface area contributed by atoms with Crippen molar-refractivity contribution in [2.75, 3.05) is 37.7 Å². The number of hydrogen-bond donors (Lipinski definition) is 1. The number of carbonyl (C=O) groups is 1. The molecule has 18 heavy (non-hydrogen) atoms. The molecule has 0 aromatic carbocycles. The molecule has 0 saturated carbocycles. The monoisotopic (exact) mass is 292 g/mol. The zero-order valence-electron chi connectivity index (χ0n) is 11.0. The topological polar surface area (TPSA) is 32.3 Å². The fourth-order valence-electron chi connectivity index (χ4n) is 2.65. The number of rotatable bonds is 3. The molecule has 0 bridgehead atoms. The predicted octanol–water partition coefficient (Wildman–Crippen LogP) is 2.15. The third kappa shape index (κ3) is 5.37. The molecule has 2 heterocycles. The van der Waals surface area contributed by atoms with E-state index < -0.39 is 0 Å². The summed E-state index contributed by atoms with van der Waals surface area (Å²) in [5.41, 5.74) is 0. The van der Waals surface area contributed by atoms with Crippen LogP contribution in [0.15, 0.2) is 0 Å². The van der Waals surface area contributed by atoms with Crippen LogP contribution in [0.5, 0.6) is 0 Å². The number of amides is 1. The summed E-state index contributed by atoms with van der Waals surface area (Å²) in [6, 6.07) is 0. The molecule has 0 spiro atoms. The van der Waals surface area contributed by atoms with Crippen LogP contribution >= 0.6 is 24.2 Å². The van der Waals surface area contributed by atoms with E-state index in [1.807, 2.05) is 11.8 Å². The fraction of sp³-hybridized carbons (Fsp3) is 0.923. The van der Waals surface area contributed by atoms with Crippen LogP contribution in [0, 0.1) is 5.92 Å². The highest BCUT2D eigenvalue weighted by molar-refractivity contribution is 7.99. The summed E-state index contributed by atoms with van der Waals surface area (Å²) >= 11 is 1.98. The summed E-state index contributed by atoms with van der Waals surface area (Å²) < 4.78 is 0. The molecule has 0 aliphatic carbocycles. The van der Waals surface area contributed by atoms with E-state index in [0.717, 1.165) is 50.7 Å². The maximum Gasteiger partial charge on any atom is 0.222 e. The minimum atomic E-state index is 0. The molecule has 0 aromatic rings. The number of nitrogens with zero attached hydrogens (tertiary/aromatic N) is 1. The Morgan fingerprint density at radius 1 is 1.22 bits per heavy atom. The predicted molar refractivity (Wildman–Crippen MR) is 80.6 cm³/mol. The number of thioether (sulfide) groups is 1. The van der Waals surface area contributed by atoms with Gasteiger partial charge in [0.05, 0.1) is 0 Å². The second-order valence-corrected chi connectivity index (χ2v) is 6.30. The van der Waals surface area contributed by atoms with Gasteiger partial charge in [-0.05, 0) is 50.4 Å². The van der Waals surface area contributed by atoms with Crippen molar-refractivity contribution >= 4 is 30.1 Å². The van der Waals surface area contributed by atoms with Gasteiger partial charge in [0.15, 0.2) is 0 Å². The van der Waals surface area contributed by atoms with Gasteiger partial charge >= 0.3 is 0 Å². The highest BCUT2D eigenvalue weighted by Gasteiger charge is 2.18. The van der Waals surface area contributed by atoms with Crippen LogP contribution in [-0.2, 0) is 4.79 Å². The Morgan fingerprint density at radius 3 is 2.78 bits per heavy atom. The second-order valence-electron chi connectivity index (χ2n) is 5.08. The third-order valence-corrected chi connectivity index (χ3v) is 4.85. The molecule has 5 heteroatoms. The van der Waals surface area contributed by atoms with Gasteiger partial charge in [0.25, 0.3) is 0 Å². The molecule has 106 valence electrons. The fourth-order valence-corrected chi connectivity index (χ4v) is 3.54. The van der Waals surface area contributed by atoms with Gasteiger partial charge in [-0.15, -0.1) is 12.4 Å². The molecule has 0 aromatic heterocycles. The van der Waals surface area contributed by atoms with Crippen molar-refractivity contribution in [3.05, 3.63) is 0 Å². The van der Waals surface area contributed by atoms with Crippen LogP contribution in [0.1, 0.15) is 32.1 Å². The molecule has 0 atom stereocenters. The van der Waals surface area contributed by atoms with Crippen molar-refractivity contribution in [3.63, 3.8) is 0 Å². The van der Waals surface area contributed by atoms with Crippen LogP contribution in [0.4, 0.5) is 0 Å². The van der Waals surface area contributed by atoms with E-state index in [-0.39, 0.29) is 12.4 Å². The quantitative estimate of drug-likeness (QED) is 0.865. The summed E-state index contributed by atoms with van der Waals surface area (Å²) in [6.45, 7) is 4.23. The standard InChI is InChI=1S/C13H24N2OS.ClH/c16-13(15-8-1-10-17-11-9-15)3-2-12-4-6-14-7-5-12;/h12,14H,1-11H2;1H. The molecule has 2 saturated heterocycles. The van der Waals surface area contributed by atoms with Gasteiger partial charge in [-0.1, -0.05) is 0 Å².